The summed E-state index contributed by atoms with van der Waals surface area (Å²) in [4.78, 5) is 15.0. The second-order valence-electron chi connectivity index (χ2n) is 5.12. The molecule has 1 N–H and O–H groups in total. The lowest BCUT2D eigenvalue weighted by atomic mass is 10.3. The van der Waals surface area contributed by atoms with E-state index in [1.807, 2.05) is 9.47 Å². The molecule has 1 aliphatic rings. The first-order valence-corrected chi connectivity index (χ1v) is 6.77. The summed E-state index contributed by atoms with van der Waals surface area (Å²) in [6.07, 6.45) is 2.20. The maximum absolute atomic E-state index is 9.65. The molecular weight excluding hydrogens is 266 g/mol. The van der Waals surface area contributed by atoms with Gasteiger partial charge in [0.1, 0.15) is 0 Å². The largest absolute Gasteiger partial charge is 0.391 e. The van der Waals surface area contributed by atoms with Crippen LogP contribution in [0.4, 0.5) is 5.82 Å². The summed E-state index contributed by atoms with van der Waals surface area (Å²) >= 11 is 6.02. The van der Waals surface area contributed by atoms with Crippen molar-refractivity contribution in [3.63, 3.8) is 0 Å². The average molecular weight is 282 g/mol. The Morgan fingerprint density at radius 2 is 2.21 bits per heavy atom. The zero-order valence-electron chi connectivity index (χ0n) is 10.9. The van der Waals surface area contributed by atoms with E-state index >= 15 is 0 Å². The van der Waals surface area contributed by atoms with E-state index in [4.69, 9.17) is 11.6 Å². The van der Waals surface area contributed by atoms with Gasteiger partial charge in [-0.2, -0.15) is 9.97 Å². The highest BCUT2D eigenvalue weighted by Gasteiger charge is 2.25. The van der Waals surface area contributed by atoms with E-state index in [0.717, 1.165) is 24.1 Å². The molecule has 0 bridgehead atoms. The van der Waals surface area contributed by atoms with Gasteiger partial charge in [-0.1, -0.05) is 0 Å². The van der Waals surface area contributed by atoms with Crippen LogP contribution in [0.2, 0.25) is 5.28 Å². The number of aromatic nitrogens is 4. The molecule has 1 atom stereocenters. The summed E-state index contributed by atoms with van der Waals surface area (Å²) in [6, 6.07) is 0.257. The lowest BCUT2D eigenvalue weighted by Crippen LogP contribution is -2.23. The van der Waals surface area contributed by atoms with Crippen molar-refractivity contribution in [2.45, 2.75) is 32.4 Å². The van der Waals surface area contributed by atoms with Gasteiger partial charge in [-0.05, 0) is 31.9 Å². The number of anilines is 1. The highest BCUT2D eigenvalue weighted by molar-refractivity contribution is 6.28. The fourth-order valence-corrected chi connectivity index (χ4v) is 2.57. The van der Waals surface area contributed by atoms with E-state index in [9.17, 15) is 5.11 Å². The van der Waals surface area contributed by atoms with Crippen LogP contribution in [0, 0.1) is 0 Å². The normalized spacial score (nSPS) is 19.8. The van der Waals surface area contributed by atoms with Crippen LogP contribution in [0.3, 0.4) is 0 Å². The van der Waals surface area contributed by atoms with Crippen LogP contribution >= 0.6 is 11.6 Å². The van der Waals surface area contributed by atoms with Gasteiger partial charge < -0.3 is 14.6 Å². The molecule has 2 aromatic heterocycles. The lowest BCUT2D eigenvalue weighted by Gasteiger charge is -2.17. The molecule has 19 heavy (non-hydrogen) atoms. The fourth-order valence-electron chi connectivity index (χ4n) is 2.41. The van der Waals surface area contributed by atoms with Gasteiger partial charge in [0.05, 0.1) is 12.4 Å². The molecule has 7 heteroatoms. The summed E-state index contributed by atoms with van der Waals surface area (Å²) in [7, 11) is 0. The van der Waals surface area contributed by atoms with Crippen molar-refractivity contribution in [2.75, 3.05) is 18.0 Å². The number of aliphatic hydroxyl groups excluding tert-OH is 1. The summed E-state index contributed by atoms with van der Waals surface area (Å²) < 4.78 is 1.97. The first-order valence-electron chi connectivity index (χ1n) is 6.39. The van der Waals surface area contributed by atoms with E-state index in [0.29, 0.717) is 12.4 Å². The monoisotopic (exact) mass is 281 g/mol. The Labute approximate surface area is 116 Å². The Morgan fingerprint density at radius 1 is 1.42 bits per heavy atom. The molecule has 6 nitrogen and oxygen atoms in total. The Morgan fingerprint density at radius 3 is 2.84 bits per heavy atom. The molecule has 0 spiro atoms. The van der Waals surface area contributed by atoms with Gasteiger partial charge >= 0.3 is 0 Å². The molecule has 3 heterocycles. The molecule has 102 valence electrons. The molecule has 1 saturated heterocycles. The molecule has 0 saturated carbocycles. The maximum atomic E-state index is 9.65. The number of hydrogen-bond donors (Lipinski definition) is 1. The van der Waals surface area contributed by atoms with Crippen molar-refractivity contribution in [2.24, 2.45) is 0 Å². The Bertz CT molecular complexity index is 611. The van der Waals surface area contributed by atoms with Crippen LogP contribution < -0.4 is 4.90 Å². The van der Waals surface area contributed by atoms with E-state index in [1.54, 1.807) is 6.33 Å². The zero-order valence-corrected chi connectivity index (χ0v) is 11.7. The van der Waals surface area contributed by atoms with Crippen molar-refractivity contribution in [3.8, 4) is 0 Å². The predicted octanol–water partition coefficient (Wildman–Crippen LogP) is 1.63. The minimum absolute atomic E-state index is 0.214. The quantitative estimate of drug-likeness (QED) is 0.848. The maximum Gasteiger partial charge on any atom is 0.226 e. The molecule has 0 aromatic carbocycles. The van der Waals surface area contributed by atoms with E-state index in [1.165, 1.54) is 0 Å². The van der Waals surface area contributed by atoms with Gasteiger partial charge in [-0.3, -0.25) is 0 Å². The summed E-state index contributed by atoms with van der Waals surface area (Å²) in [5.74, 6) is 0.714. The molecule has 0 amide bonds. The summed E-state index contributed by atoms with van der Waals surface area (Å²) in [5.41, 5.74) is 1.48. The highest BCUT2D eigenvalue weighted by Crippen LogP contribution is 2.28. The molecule has 0 aliphatic carbocycles. The van der Waals surface area contributed by atoms with E-state index in [2.05, 4.69) is 28.8 Å². The number of fused-ring (bicyclic) bond motifs is 1. The third kappa shape index (κ3) is 2.15. The molecule has 0 radical (unpaired) electrons. The minimum Gasteiger partial charge on any atom is -0.391 e. The number of hydrogen-bond acceptors (Lipinski definition) is 5. The summed E-state index contributed by atoms with van der Waals surface area (Å²) in [6.45, 7) is 5.46. The zero-order chi connectivity index (χ0) is 13.6. The van der Waals surface area contributed by atoms with Crippen LogP contribution in [0.15, 0.2) is 6.33 Å². The predicted molar refractivity (Wildman–Crippen MR) is 73.6 cm³/mol. The molecule has 0 unspecified atom stereocenters. The second kappa shape index (κ2) is 4.61. The fraction of sp³-hybridized carbons (Fsp3) is 0.583. The molecule has 2 aromatic rings. The van der Waals surface area contributed by atoms with Crippen molar-refractivity contribution in [3.05, 3.63) is 11.6 Å². The van der Waals surface area contributed by atoms with Gasteiger partial charge in [0.15, 0.2) is 17.0 Å². The van der Waals surface area contributed by atoms with Crippen molar-refractivity contribution < 1.29 is 5.11 Å². The van der Waals surface area contributed by atoms with E-state index < -0.39 is 0 Å². The number of aliphatic hydroxyl groups is 1. The van der Waals surface area contributed by atoms with Gasteiger partial charge in [-0.15, -0.1) is 0 Å². The lowest BCUT2D eigenvalue weighted by molar-refractivity contribution is 0.198. The summed E-state index contributed by atoms with van der Waals surface area (Å²) in [5, 5.41) is 9.87. The molecule has 1 fully saturated rings. The highest BCUT2D eigenvalue weighted by atomic mass is 35.5. The molecule has 1 aliphatic heterocycles. The number of rotatable bonds is 2. The van der Waals surface area contributed by atoms with Gasteiger partial charge in [0, 0.05) is 19.1 Å². The average Bonchev–Trinajstić information content (AvgIpc) is 2.93. The van der Waals surface area contributed by atoms with Gasteiger partial charge in [-0.25, -0.2) is 4.98 Å². The topological polar surface area (TPSA) is 67.1 Å². The minimum atomic E-state index is -0.309. The van der Waals surface area contributed by atoms with Crippen LogP contribution in [-0.4, -0.2) is 43.8 Å². The SMILES string of the molecule is CC(C)n1cnc2c(N3CC[C@@H](O)C3)nc(Cl)nc21. The van der Waals surface area contributed by atoms with E-state index in [-0.39, 0.29) is 17.4 Å². The van der Waals surface area contributed by atoms with Crippen molar-refractivity contribution in [1.29, 1.82) is 0 Å². The smallest absolute Gasteiger partial charge is 0.226 e. The van der Waals surface area contributed by atoms with Crippen molar-refractivity contribution in [1.82, 2.24) is 19.5 Å². The number of nitrogens with zero attached hydrogens (tertiary/aromatic N) is 5. The van der Waals surface area contributed by atoms with Crippen LogP contribution in [0.25, 0.3) is 11.2 Å². The van der Waals surface area contributed by atoms with Gasteiger partial charge in [0.2, 0.25) is 5.28 Å². The first kappa shape index (κ1) is 12.6. The van der Waals surface area contributed by atoms with Crippen LogP contribution in [-0.2, 0) is 0 Å². The third-order valence-electron chi connectivity index (χ3n) is 3.39. The van der Waals surface area contributed by atoms with Gasteiger partial charge in [0.25, 0.3) is 0 Å². The molecule has 3 rings (SSSR count). The van der Waals surface area contributed by atoms with Crippen LogP contribution in [0.1, 0.15) is 26.3 Å². The third-order valence-corrected chi connectivity index (χ3v) is 3.56. The number of imidazole rings is 1. The first-order chi connectivity index (χ1) is 9.06. The molecular formula is C12H16ClN5O. The Balaban J connectivity index is 2.14. The number of halogens is 1. The Hall–Kier alpha value is -1.40. The van der Waals surface area contributed by atoms with Crippen LogP contribution in [0.5, 0.6) is 0 Å². The van der Waals surface area contributed by atoms with Crippen molar-refractivity contribution >= 4 is 28.6 Å². The number of β-amino-alcohol motifs (C(OH)–C–C–N with tert-alkyl or cyclic N) is 1. The second-order valence-corrected chi connectivity index (χ2v) is 5.46. The standard InChI is InChI=1S/C12H16ClN5O/c1-7(2)18-6-14-9-10(15-12(13)16-11(9)18)17-4-3-8(19)5-17/h6-8,19H,3-5H2,1-2H3/t8-/m1/s1. The Kier molecular flexibility index (Phi) is 3.06.